The van der Waals surface area contributed by atoms with Crippen LogP contribution in [0.2, 0.25) is 6.82 Å². The number of piperidine rings is 1. The van der Waals surface area contributed by atoms with E-state index in [1.165, 1.54) is 22.5 Å². The van der Waals surface area contributed by atoms with Gasteiger partial charge in [-0.1, -0.05) is 0 Å². The molecule has 2 N–H and O–H groups in total. The van der Waals surface area contributed by atoms with Gasteiger partial charge in [0.2, 0.25) is 10.0 Å². The van der Waals surface area contributed by atoms with E-state index in [0.29, 0.717) is 25.9 Å². The van der Waals surface area contributed by atoms with E-state index < -0.39 is 23.1 Å². The summed E-state index contributed by atoms with van der Waals surface area (Å²) in [6, 6.07) is 1.87. The van der Waals surface area contributed by atoms with Crippen molar-refractivity contribution in [3.8, 4) is 11.5 Å². The molecule has 0 saturated carbocycles. The molecule has 2 heterocycles. The normalized spacial score (nSPS) is 25.0. The van der Waals surface area contributed by atoms with Crippen LogP contribution in [0.25, 0.3) is 0 Å². The van der Waals surface area contributed by atoms with E-state index in [1.807, 2.05) is 0 Å². The van der Waals surface area contributed by atoms with Crippen molar-refractivity contribution in [3.63, 3.8) is 0 Å². The molecule has 132 valence electrons. The predicted molar refractivity (Wildman–Crippen MR) is 86.0 cm³/mol. The zero-order chi connectivity index (χ0) is 17.5. The van der Waals surface area contributed by atoms with Gasteiger partial charge in [0.15, 0.2) is 11.5 Å². The minimum Gasteiger partial charge on any atom is -0.437 e. The van der Waals surface area contributed by atoms with Crippen LogP contribution in [0.3, 0.4) is 0 Å². The number of nitrogens with zero attached hydrogens (tertiary/aromatic N) is 1. The Labute approximate surface area is 140 Å². The van der Waals surface area contributed by atoms with Crippen LogP contribution < -0.4 is 14.7 Å². The first kappa shape index (κ1) is 17.5. The molecule has 3 rings (SSSR count). The standard InChI is InChI=1S/C14H20BFN2O5S/c1-14(16)22-12-4-3-11(9-13(12)23-14)24(20,21)18-7-5-10(6-8-18)17-15(2)19/h3-4,9-10,17,19H,5-8H2,1-2H3. The van der Waals surface area contributed by atoms with Crippen molar-refractivity contribution in [2.75, 3.05) is 13.1 Å². The fraction of sp³-hybridized carbons (Fsp3) is 0.571. The number of ether oxygens (including phenoxy) is 2. The van der Waals surface area contributed by atoms with Crippen molar-refractivity contribution in [1.29, 1.82) is 0 Å². The summed E-state index contributed by atoms with van der Waals surface area (Å²) in [6.45, 7) is 3.44. The molecule has 10 heteroatoms. The topological polar surface area (TPSA) is 88.1 Å². The molecule has 1 aromatic carbocycles. The molecule has 1 unspecified atom stereocenters. The molecule has 0 bridgehead atoms. The van der Waals surface area contributed by atoms with Crippen LogP contribution >= 0.6 is 0 Å². The van der Waals surface area contributed by atoms with E-state index in [1.54, 1.807) is 6.82 Å². The number of rotatable bonds is 4. The zero-order valence-corrected chi connectivity index (χ0v) is 14.3. The first-order chi connectivity index (χ1) is 11.2. The van der Waals surface area contributed by atoms with Gasteiger partial charge in [0.05, 0.1) is 4.90 Å². The van der Waals surface area contributed by atoms with E-state index >= 15 is 0 Å². The van der Waals surface area contributed by atoms with E-state index in [-0.39, 0.29) is 22.4 Å². The second-order valence-corrected chi connectivity index (χ2v) is 8.11. The fourth-order valence-corrected chi connectivity index (χ4v) is 4.47. The molecule has 1 fully saturated rings. The van der Waals surface area contributed by atoms with Crippen molar-refractivity contribution in [2.45, 2.75) is 43.6 Å². The van der Waals surface area contributed by atoms with Crippen molar-refractivity contribution in [1.82, 2.24) is 9.53 Å². The van der Waals surface area contributed by atoms with Crippen LogP contribution in [0, 0.1) is 0 Å². The number of fused-ring (bicyclic) bond motifs is 1. The summed E-state index contributed by atoms with van der Waals surface area (Å²) < 4.78 is 50.5. The number of benzene rings is 1. The quantitative estimate of drug-likeness (QED) is 0.780. The van der Waals surface area contributed by atoms with E-state index in [9.17, 15) is 17.8 Å². The molecule has 0 amide bonds. The predicted octanol–water partition coefficient (Wildman–Crippen LogP) is 0.954. The highest BCUT2D eigenvalue weighted by Gasteiger charge is 2.38. The number of hydrogen-bond donors (Lipinski definition) is 2. The second-order valence-electron chi connectivity index (χ2n) is 6.17. The molecule has 0 aromatic heterocycles. The summed E-state index contributed by atoms with van der Waals surface area (Å²) in [6.07, 6.45) is 1.22. The number of halogens is 1. The van der Waals surface area contributed by atoms with E-state index in [2.05, 4.69) is 5.23 Å². The van der Waals surface area contributed by atoms with Gasteiger partial charge >= 0.3 is 13.1 Å². The minimum atomic E-state index is -3.69. The van der Waals surface area contributed by atoms with Crippen molar-refractivity contribution < 1.29 is 27.3 Å². The Morgan fingerprint density at radius 1 is 1.33 bits per heavy atom. The van der Waals surface area contributed by atoms with Gasteiger partial charge in [0.25, 0.3) is 0 Å². The lowest BCUT2D eigenvalue weighted by Gasteiger charge is -2.32. The molecule has 0 spiro atoms. The number of nitrogens with one attached hydrogen (secondary N) is 1. The molecule has 7 nitrogen and oxygen atoms in total. The Balaban J connectivity index is 1.73. The van der Waals surface area contributed by atoms with Crippen LogP contribution in [0.4, 0.5) is 4.39 Å². The Hall–Kier alpha value is -1.36. The van der Waals surface area contributed by atoms with Crippen LogP contribution in [0.1, 0.15) is 19.8 Å². The maximum Gasteiger partial charge on any atom is 0.404 e. The molecule has 0 aliphatic carbocycles. The molecular weight excluding hydrogens is 338 g/mol. The third-order valence-corrected chi connectivity index (χ3v) is 5.96. The minimum absolute atomic E-state index is 0.0458. The van der Waals surface area contributed by atoms with Crippen molar-refractivity contribution >= 4 is 17.1 Å². The van der Waals surface area contributed by atoms with Gasteiger partial charge < -0.3 is 19.7 Å². The summed E-state index contributed by atoms with van der Waals surface area (Å²) >= 11 is 0. The maximum absolute atomic E-state index is 13.7. The lowest BCUT2D eigenvalue weighted by Crippen LogP contribution is -2.48. The highest BCUT2D eigenvalue weighted by atomic mass is 32.2. The Kier molecular flexibility index (Phi) is 4.50. The van der Waals surface area contributed by atoms with Crippen LogP contribution in [0.5, 0.6) is 11.5 Å². The lowest BCUT2D eigenvalue weighted by atomic mass is 9.85. The first-order valence-corrected chi connectivity index (χ1v) is 9.27. The first-order valence-electron chi connectivity index (χ1n) is 7.83. The van der Waals surface area contributed by atoms with Crippen molar-refractivity contribution in [2.24, 2.45) is 0 Å². The number of alkyl halides is 1. The largest absolute Gasteiger partial charge is 0.437 e. The van der Waals surface area contributed by atoms with Gasteiger partial charge in [-0.25, -0.2) is 8.42 Å². The van der Waals surface area contributed by atoms with Gasteiger partial charge in [-0.15, -0.1) is 0 Å². The highest BCUT2D eigenvalue weighted by molar-refractivity contribution is 7.89. The third-order valence-electron chi connectivity index (χ3n) is 4.07. The summed E-state index contributed by atoms with van der Waals surface area (Å²) in [5, 5.41) is 12.3. The van der Waals surface area contributed by atoms with Crippen LogP contribution in [-0.2, 0) is 10.0 Å². The smallest absolute Gasteiger partial charge is 0.404 e. The molecule has 1 atom stereocenters. The van der Waals surface area contributed by atoms with Gasteiger partial charge in [-0.2, -0.15) is 8.70 Å². The van der Waals surface area contributed by atoms with E-state index in [0.717, 1.165) is 6.92 Å². The molecule has 0 radical (unpaired) electrons. The van der Waals surface area contributed by atoms with E-state index in [4.69, 9.17) is 9.47 Å². The second kappa shape index (κ2) is 6.18. The molecule has 1 saturated heterocycles. The molecule has 2 aliphatic heterocycles. The Morgan fingerprint density at radius 2 is 1.96 bits per heavy atom. The lowest BCUT2D eigenvalue weighted by molar-refractivity contribution is -0.173. The summed E-state index contributed by atoms with van der Waals surface area (Å²) in [7, 11) is -4.31. The highest BCUT2D eigenvalue weighted by Crippen LogP contribution is 2.41. The fourth-order valence-electron chi connectivity index (χ4n) is 2.98. The summed E-state index contributed by atoms with van der Waals surface area (Å²) in [5.41, 5.74) is 0. The maximum atomic E-state index is 13.7. The van der Waals surface area contributed by atoms with Crippen LogP contribution in [-0.4, -0.2) is 50.0 Å². The number of hydrogen-bond acceptors (Lipinski definition) is 6. The molecule has 1 aromatic rings. The molecular formula is C14H20BFN2O5S. The monoisotopic (exact) mass is 358 g/mol. The van der Waals surface area contributed by atoms with Crippen LogP contribution in [0.15, 0.2) is 23.1 Å². The van der Waals surface area contributed by atoms with Crippen molar-refractivity contribution in [3.05, 3.63) is 18.2 Å². The van der Waals surface area contributed by atoms with Gasteiger partial charge in [0, 0.05) is 32.1 Å². The SMILES string of the molecule is CB(O)NC1CCN(S(=O)(=O)c2ccc3c(c2)OC(C)(F)O3)CC1. The third kappa shape index (κ3) is 3.51. The van der Waals surface area contributed by atoms with Gasteiger partial charge in [-0.3, -0.25) is 0 Å². The average Bonchev–Trinajstić information content (AvgIpc) is 2.79. The Morgan fingerprint density at radius 3 is 2.58 bits per heavy atom. The summed E-state index contributed by atoms with van der Waals surface area (Å²) in [4.78, 5) is 0.0458. The summed E-state index contributed by atoms with van der Waals surface area (Å²) in [5.74, 6) is 0.255. The Bertz CT molecular complexity index is 720. The molecule has 24 heavy (non-hydrogen) atoms. The molecule has 2 aliphatic rings. The van der Waals surface area contributed by atoms with Gasteiger partial charge in [0.1, 0.15) is 0 Å². The number of sulfonamides is 1. The van der Waals surface area contributed by atoms with Gasteiger partial charge in [-0.05, 0) is 31.8 Å². The zero-order valence-electron chi connectivity index (χ0n) is 13.5. The average molecular weight is 358 g/mol.